The highest BCUT2D eigenvalue weighted by molar-refractivity contribution is 7.13. The second kappa shape index (κ2) is 7.31. The predicted molar refractivity (Wildman–Crippen MR) is 113 cm³/mol. The average Bonchev–Trinajstić information content (AvgIpc) is 3.42. The molecule has 1 spiro atoms. The zero-order valence-corrected chi connectivity index (χ0v) is 17.2. The van der Waals surface area contributed by atoms with Crippen LogP contribution in [0.4, 0.5) is 0 Å². The molecule has 1 saturated heterocycles. The molecule has 2 aliphatic rings. The molecule has 7 heteroatoms. The highest BCUT2D eigenvalue weighted by atomic mass is 32.1. The number of fused-ring (bicyclic) bond motifs is 1. The number of H-pyrrole nitrogens is 1. The summed E-state index contributed by atoms with van der Waals surface area (Å²) in [4.78, 5) is 16.4. The van der Waals surface area contributed by atoms with Crippen molar-refractivity contribution in [1.29, 1.82) is 0 Å². The molecule has 0 aliphatic carbocycles. The minimum absolute atomic E-state index is 0.0854. The first kappa shape index (κ1) is 18.4. The van der Waals surface area contributed by atoms with Crippen LogP contribution >= 0.6 is 11.3 Å². The molecule has 0 bridgehead atoms. The summed E-state index contributed by atoms with van der Waals surface area (Å²) in [7, 11) is 2.14. The number of hydrogen-bond donors (Lipinski definition) is 2. The second-order valence-corrected chi connectivity index (χ2v) is 8.95. The molecular formula is C22H24N4O2S. The fraction of sp³-hybridized carbons (Fsp3) is 0.364. The lowest BCUT2D eigenvalue weighted by molar-refractivity contribution is -0.0196. The number of ether oxygens (including phenoxy) is 1. The maximum atomic E-state index is 13.0. The summed E-state index contributed by atoms with van der Waals surface area (Å²) in [5.41, 5.74) is 2.10. The highest BCUT2D eigenvalue weighted by Crippen LogP contribution is 2.44. The Bertz CT molecular complexity index is 1010. The molecule has 1 unspecified atom stereocenters. The normalized spacial score (nSPS) is 20.8. The molecule has 2 aromatic heterocycles. The number of aromatic nitrogens is 2. The van der Waals surface area contributed by atoms with Crippen molar-refractivity contribution in [2.75, 3.05) is 20.1 Å². The Balaban J connectivity index is 1.38. The molecule has 1 aromatic carbocycles. The Morgan fingerprint density at radius 2 is 2.10 bits per heavy atom. The maximum Gasteiger partial charge on any atom is 0.272 e. The van der Waals surface area contributed by atoms with E-state index in [1.54, 1.807) is 11.3 Å². The van der Waals surface area contributed by atoms with Gasteiger partial charge in [0.2, 0.25) is 0 Å². The Morgan fingerprint density at radius 1 is 1.28 bits per heavy atom. The Hall–Kier alpha value is -2.64. The van der Waals surface area contributed by atoms with Crippen molar-refractivity contribution < 1.29 is 9.53 Å². The standard InChI is InChI=1S/C22H24N4O2S/c1-26-10-8-22(9-11-26)14-18(15-5-2-3-6-19(15)28-22)23-21(27)17-13-16(24-25-17)20-7-4-12-29-20/h2-7,12-13,18H,8-11,14H2,1H3,(H,23,27)(H,24,25). The van der Waals surface area contributed by atoms with Gasteiger partial charge < -0.3 is 15.0 Å². The Kier molecular flexibility index (Phi) is 4.64. The summed E-state index contributed by atoms with van der Waals surface area (Å²) < 4.78 is 6.48. The number of piperidine rings is 1. The molecule has 4 heterocycles. The maximum absolute atomic E-state index is 13.0. The van der Waals surface area contributed by atoms with Gasteiger partial charge in [-0.2, -0.15) is 5.10 Å². The predicted octanol–water partition coefficient (Wildman–Crippen LogP) is 3.86. The van der Waals surface area contributed by atoms with Gasteiger partial charge in [-0.05, 0) is 43.5 Å². The van der Waals surface area contributed by atoms with Crippen LogP contribution < -0.4 is 10.1 Å². The lowest BCUT2D eigenvalue weighted by atomic mass is 9.80. The first-order valence-corrected chi connectivity index (χ1v) is 10.9. The largest absolute Gasteiger partial charge is 0.487 e. The van der Waals surface area contributed by atoms with Crippen molar-refractivity contribution in [2.24, 2.45) is 0 Å². The van der Waals surface area contributed by atoms with E-state index in [9.17, 15) is 4.79 Å². The SMILES string of the molecule is CN1CCC2(CC1)CC(NC(=O)c1cc(-c3cccs3)[nH]n1)c1ccccc1O2. The molecule has 2 aliphatic heterocycles. The first-order valence-electron chi connectivity index (χ1n) is 9.99. The van der Waals surface area contributed by atoms with Crippen LogP contribution in [0.5, 0.6) is 5.75 Å². The fourth-order valence-corrected chi connectivity index (χ4v) is 5.00. The number of carbonyl (C=O) groups excluding carboxylic acids is 1. The number of thiophene rings is 1. The third-order valence-corrected chi connectivity index (χ3v) is 6.90. The number of para-hydroxylation sites is 1. The molecule has 1 atom stereocenters. The summed E-state index contributed by atoms with van der Waals surface area (Å²) in [5.74, 6) is 0.726. The van der Waals surface area contributed by atoms with E-state index in [0.29, 0.717) is 5.69 Å². The fourth-order valence-electron chi connectivity index (χ4n) is 4.31. The van der Waals surface area contributed by atoms with Gasteiger partial charge in [-0.1, -0.05) is 24.3 Å². The molecular weight excluding hydrogens is 384 g/mol. The Labute approximate surface area is 173 Å². The van der Waals surface area contributed by atoms with Gasteiger partial charge in [0.1, 0.15) is 11.4 Å². The molecule has 1 fully saturated rings. The second-order valence-electron chi connectivity index (χ2n) is 8.00. The number of rotatable bonds is 3. The Morgan fingerprint density at radius 3 is 2.90 bits per heavy atom. The monoisotopic (exact) mass is 408 g/mol. The van der Waals surface area contributed by atoms with Crippen LogP contribution in [0.1, 0.15) is 41.4 Å². The van der Waals surface area contributed by atoms with Gasteiger partial charge in [-0.25, -0.2) is 0 Å². The van der Waals surface area contributed by atoms with Gasteiger partial charge in [0.15, 0.2) is 5.69 Å². The molecule has 0 radical (unpaired) electrons. The quantitative estimate of drug-likeness (QED) is 0.691. The highest BCUT2D eigenvalue weighted by Gasteiger charge is 2.43. The minimum Gasteiger partial charge on any atom is -0.487 e. The van der Waals surface area contributed by atoms with Crippen molar-refractivity contribution >= 4 is 17.2 Å². The van der Waals surface area contributed by atoms with E-state index in [1.807, 2.05) is 47.8 Å². The van der Waals surface area contributed by atoms with Gasteiger partial charge in [0, 0.05) is 25.1 Å². The molecule has 29 heavy (non-hydrogen) atoms. The minimum atomic E-state index is -0.216. The van der Waals surface area contributed by atoms with Crippen LogP contribution in [0.15, 0.2) is 47.8 Å². The van der Waals surface area contributed by atoms with Crippen molar-refractivity contribution in [3.63, 3.8) is 0 Å². The topological polar surface area (TPSA) is 70.2 Å². The van der Waals surface area contributed by atoms with Crippen LogP contribution in [0.2, 0.25) is 0 Å². The van der Waals surface area contributed by atoms with Crippen LogP contribution in [-0.2, 0) is 0 Å². The van der Waals surface area contributed by atoms with E-state index < -0.39 is 0 Å². The molecule has 3 aromatic rings. The molecule has 0 saturated carbocycles. The lowest BCUT2D eigenvalue weighted by Crippen LogP contribution is -2.51. The van der Waals surface area contributed by atoms with Gasteiger partial charge in [0.05, 0.1) is 16.6 Å². The van der Waals surface area contributed by atoms with Crippen molar-refractivity contribution in [3.05, 3.63) is 59.1 Å². The van der Waals surface area contributed by atoms with E-state index in [1.165, 1.54) is 0 Å². The first-order chi connectivity index (χ1) is 14.1. The lowest BCUT2D eigenvalue weighted by Gasteiger charge is -2.46. The van der Waals surface area contributed by atoms with Crippen LogP contribution in [0.25, 0.3) is 10.6 Å². The van der Waals surface area contributed by atoms with E-state index in [2.05, 4.69) is 27.5 Å². The van der Waals surface area contributed by atoms with Gasteiger partial charge in [0.25, 0.3) is 5.91 Å². The number of aromatic amines is 1. The molecule has 1 amide bonds. The van der Waals surface area contributed by atoms with Crippen LogP contribution in [-0.4, -0.2) is 46.7 Å². The van der Waals surface area contributed by atoms with E-state index in [-0.39, 0.29) is 17.6 Å². The number of hydrogen-bond acceptors (Lipinski definition) is 5. The molecule has 5 rings (SSSR count). The number of benzene rings is 1. The van der Waals surface area contributed by atoms with Crippen molar-refractivity contribution in [2.45, 2.75) is 30.9 Å². The summed E-state index contributed by atoms with van der Waals surface area (Å²) in [6, 6.07) is 13.8. The summed E-state index contributed by atoms with van der Waals surface area (Å²) in [6.45, 7) is 2.01. The molecule has 6 nitrogen and oxygen atoms in total. The molecule has 150 valence electrons. The van der Waals surface area contributed by atoms with E-state index >= 15 is 0 Å². The number of amides is 1. The van der Waals surface area contributed by atoms with Crippen molar-refractivity contribution in [3.8, 4) is 16.3 Å². The van der Waals surface area contributed by atoms with Crippen LogP contribution in [0.3, 0.4) is 0 Å². The molecule has 2 N–H and O–H groups in total. The zero-order chi connectivity index (χ0) is 19.8. The summed E-state index contributed by atoms with van der Waals surface area (Å²) in [5, 5.41) is 12.4. The van der Waals surface area contributed by atoms with E-state index in [0.717, 1.165) is 54.2 Å². The van der Waals surface area contributed by atoms with Crippen LogP contribution in [0, 0.1) is 0 Å². The van der Waals surface area contributed by atoms with Gasteiger partial charge in [-0.15, -0.1) is 11.3 Å². The van der Waals surface area contributed by atoms with Gasteiger partial charge in [-0.3, -0.25) is 9.89 Å². The van der Waals surface area contributed by atoms with E-state index in [4.69, 9.17) is 4.74 Å². The number of carbonyl (C=O) groups is 1. The smallest absolute Gasteiger partial charge is 0.272 e. The summed E-state index contributed by atoms with van der Waals surface area (Å²) in [6.07, 6.45) is 2.72. The number of nitrogens with zero attached hydrogens (tertiary/aromatic N) is 2. The number of nitrogens with one attached hydrogen (secondary N) is 2. The third kappa shape index (κ3) is 3.56. The number of likely N-dealkylation sites (tertiary alicyclic amines) is 1. The zero-order valence-electron chi connectivity index (χ0n) is 16.4. The van der Waals surface area contributed by atoms with Crippen molar-refractivity contribution in [1.82, 2.24) is 20.4 Å². The summed E-state index contributed by atoms with van der Waals surface area (Å²) >= 11 is 1.62. The van der Waals surface area contributed by atoms with Gasteiger partial charge >= 0.3 is 0 Å². The average molecular weight is 409 g/mol. The third-order valence-electron chi connectivity index (χ3n) is 6.00.